The maximum absolute atomic E-state index is 11.2. The highest BCUT2D eigenvalue weighted by Gasteiger charge is 2.12. The van der Waals surface area contributed by atoms with Gasteiger partial charge in [-0.25, -0.2) is 0 Å². The van der Waals surface area contributed by atoms with Gasteiger partial charge in [0.15, 0.2) is 0 Å². The normalized spacial score (nSPS) is 11.3. The van der Waals surface area contributed by atoms with Crippen LogP contribution in [-0.4, -0.2) is 30.7 Å². The van der Waals surface area contributed by atoms with Gasteiger partial charge in [0, 0.05) is 38.8 Å². The Morgan fingerprint density at radius 1 is 0.950 bits per heavy atom. The Morgan fingerprint density at radius 2 is 1.35 bits per heavy atom. The molecule has 112 valence electrons. The highest BCUT2D eigenvalue weighted by Crippen LogP contribution is 2.03. The van der Waals surface area contributed by atoms with Gasteiger partial charge in [0.05, 0.1) is 0 Å². The molecule has 0 bridgehead atoms. The van der Waals surface area contributed by atoms with Crippen molar-refractivity contribution in [2.75, 3.05) is 14.1 Å². The van der Waals surface area contributed by atoms with Gasteiger partial charge in [-0.15, -0.1) is 23.7 Å². The molecule has 3 nitrogen and oxygen atoms in total. The molecule has 0 saturated carbocycles. The Hall–Kier alpha value is -1.74. The summed E-state index contributed by atoms with van der Waals surface area (Å²) in [4.78, 5) is 23.4. The molecule has 2 atom stereocenters. The average molecular weight is 277 g/mol. The number of carbonyl (C=O) groups is 2. The summed E-state index contributed by atoms with van der Waals surface area (Å²) >= 11 is 0. The van der Waals surface area contributed by atoms with Crippen LogP contribution in [0.25, 0.3) is 0 Å². The highest BCUT2D eigenvalue weighted by molar-refractivity contribution is 5.78. The van der Waals surface area contributed by atoms with Crippen molar-refractivity contribution >= 4 is 11.7 Å². The molecule has 0 heterocycles. The van der Waals surface area contributed by atoms with Gasteiger partial charge in [-0.2, -0.15) is 0 Å². The largest absolute Gasteiger partial charge is 0.349 e. The number of hydrogen-bond donors (Lipinski definition) is 0. The second-order valence-corrected chi connectivity index (χ2v) is 4.91. The van der Waals surface area contributed by atoms with Crippen molar-refractivity contribution in [2.24, 2.45) is 11.8 Å². The number of amides is 1. The van der Waals surface area contributed by atoms with Gasteiger partial charge >= 0.3 is 0 Å². The summed E-state index contributed by atoms with van der Waals surface area (Å²) in [5.74, 6) is 11.8. The fraction of sp³-hybridized carbons (Fsp3) is 0.647. The van der Waals surface area contributed by atoms with E-state index in [2.05, 4.69) is 23.7 Å². The van der Waals surface area contributed by atoms with Crippen LogP contribution in [0.2, 0.25) is 0 Å². The number of carbonyl (C=O) groups excluding carboxylic acids is 2. The van der Waals surface area contributed by atoms with Gasteiger partial charge in [0.25, 0.3) is 0 Å². The molecular formula is C17H27NO2. The summed E-state index contributed by atoms with van der Waals surface area (Å²) in [7, 11) is 3.52. The number of hydrogen-bond acceptors (Lipinski definition) is 2. The van der Waals surface area contributed by atoms with Crippen LogP contribution in [0.4, 0.5) is 0 Å². The molecule has 0 aliphatic heterocycles. The SMILES string of the molecule is CC#CC[C@H](C)C(=O)N(C)C.CC#CC[C@H](C)C(C)=O. The van der Waals surface area contributed by atoms with Crippen molar-refractivity contribution in [1.82, 2.24) is 4.90 Å². The molecule has 3 heteroatoms. The topological polar surface area (TPSA) is 37.4 Å². The van der Waals surface area contributed by atoms with E-state index < -0.39 is 0 Å². The Morgan fingerprint density at radius 3 is 1.65 bits per heavy atom. The fourth-order valence-electron chi connectivity index (χ4n) is 1.18. The van der Waals surface area contributed by atoms with Crippen LogP contribution in [0.15, 0.2) is 0 Å². The van der Waals surface area contributed by atoms with Crippen LogP contribution in [0.5, 0.6) is 0 Å². The number of ketones is 1. The quantitative estimate of drug-likeness (QED) is 0.741. The lowest BCUT2D eigenvalue weighted by Gasteiger charge is -2.14. The standard InChI is InChI=1S/C9H15NO.C8H12O/c1-5-6-7-8(2)9(11)10(3)4;1-4-5-6-7(2)8(3)9/h8H,7H2,1-4H3;7H,6H2,1-3H3/t8-;7-/m00/s1. The van der Waals surface area contributed by atoms with E-state index in [4.69, 9.17) is 0 Å². The summed E-state index contributed by atoms with van der Waals surface area (Å²) < 4.78 is 0. The predicted molar refractivity (Wildman–Crippen MR) is 83.8 cm³/mol. The minimum absolute atomic E-state index is 0.0254. The third kappa shape index (κ3) is 11.4. The molecule has 0 aliphatic rings. The fourth-order valence-corrected chi connectivity index (χ4v) is 1.18. The third-order valence-electron chi connectivity index (χ3n) is 2.73. The zero-order valence-corrected chi connectivity index (χ0v) is 13.8. The van der Waals surface area contributed by atoms with Crippen molar-refractivity contribution in [3.63, 3.8) is 0 Å². The van der Waals surface area contributed by atoms with Crippen molar-refractivity contribution in [3.8, 4) is 23.7 Å². The Bertz CT molecular complexity index is 416. The molecule has 0 unspecified atom stereocenters. The molecule has 0 rings (SSSR count). The highest BCUT2D eigenvalue weighted by atomic mass is 16.2. The zero-order chi connectivity index (χ0) is 16.1. The Balaban J connectivity index is 0. The summed E-state index contributed by atoms with van der Waals surface area (Å²) in [5, 5.41) is 0. The monoisotopic (exact) mass is 277 g/mol. The van der Waals surface area contributed by atoms with E-state index in [0.29, 0.717) is 12.8 Å². The molecule has 20 heavy (non-hydrogen) atoms. The molecule has 0 radical (unpaired) electrons. The zero-order valence-electron chi connectivity index (χ0n) is 13.8. The van der Waals surface area contributed by atoms with E-state index >= 15 is 0 Å². The summed E-state index contributed by atoms with van der Waals surface area (Å²) in [6, 6.07) is 0. The minimum Gasteiger partial charge on any atom is -0.349 e. The first-order valence-electron chi connectivity index (χ1n) is 6.78. The van der Waals surface area contributed by atoms with Gasteiger partial charge in [0.2, 0.25) is 5.91 Å². The van der Waals surface area contributed by atoms with Crippen molar-refractivity contribution in [3.05, 3.63) is 0 Å². The summed E-state index contributed by atoms with van der Waals surface area (Å²) in [6.45, 7) is 8.96. The molecule has 0 spiro atoms. The second kappa shape index (κ2) is 12.3. The van der Waals surface area contributed by atoms with Gasteiger partial charge in [-0.3, -0.25) is 9.59 Å². The molecule has 1 amide bonds. The van der Waals surface area contributed by atoms with Crippen molar-refractivity contribution in [2.45, 2.75) is 47.5 Å². The minimum atomic E-state index is 0.0254. The molecule has 0 aromatic rings. The number of Topliss-reactive ketones (excluding diaryl/α,β-unsaturated/α-hetero) is 1. The smallest absolute Gasteiger partial charge is 0.225 e. The molecule has 0 fully saturated rings. The maximum Gasteiger partial charge on any atom is 0.225 e. The van der Waals surface area contributed by atoms with Crippen molar-refractivity contribution in [1.29, 1.82) is 0 Å². The van der Waals surface area contributed by atoms with Crippen LogP contribution in [0.3, 0.4) is 0 Å². The summed E-state index contributed by atoms with van der Waals surface area (Å²) in [5.41, 5.74) is 0. The first-order chi connectivity index (χ1) is 9.27. The van der Waals surface area contributed by atoms with E-state index in [9.17, 15) is 9.59 Å². The molecule has 0 saturated heterocycles. The molecule has 0 aromatic carbocycles. The lowest BCUT2D eigenvalue weighted by molar-refractivity contribution is -0.132. The Labute approximate surface area is 124 Å². The number of nitrogens with zero attached hydrogens (tertiary/aromatic N) is 1. The van der Waals surface area contributed by atoms with E-state index in [1.54, 1.807) is 39.8 Å². The van der Waals surface area contributed by atoms with E-state index in [1.807, 2.05) is 13.8 Å². The first-order valence-corrected chi connectivity index (χ1v) is 6.78. The van der Waals surface area contributed by atoms with Gasteiger partial charge in [0.1, 0.15) is 5.78 Å². The van der Waals surface area contributed by atoms with Gasteiger partial charge < -0.3 is 4.90 Å². The lowest BCUT2D eigenvalue weighted by Crippen LogP contribution is -2.27. The Kier molecular flexibility index (Phi) is 12.7. The maximum atomic E-state index is 11.2. The second-order valence-electron chi connectivity index (χ2n) is 4.91. The first kappa shape index (κ1) is 20.6. The van der Waals surface area contributed by atoms with E-state index in [1.165, 1.54) is 0 Å². The number of rotatable bonds is 4. The van der Waals surface area contributed by atoms with Gasteiger partial charge in [-0.1, -0.05) is 13.8 Å². The predicted octanol–water partition coefficient (Wildman–Crippen LogP) is 2.75. The van der Waals surface area contributed by atoms with Gasteiger partial charge in [-0.05, 0) is 20.8 Å². The lowest BCUT2D eigenvalue weighted by atomic mass is 10.0. The summed E-state index contributed by atoms with van der Waals surface area (Å²) in [6.07, 6.45) is 1.36. The van der Waals surface area contributed by atoms with Crippen LogP contribution < -0.4 is 0 Å². The van der Waals surface area contributed by atoms with Crippen molar-refractivity contribution < 1.29 is 9.59 Å². The van der Waals surface area contributed by atoms with E-state index in [0.717, 1.165) is 0 Å². The molecule has 0 aliphatic carbocycles. The average Bonchev–Trinajstić information content (AvgIpc) is 2.41. The van der Waals surface area contributed by atoms with Crippen LogP contribution in [0.1, 0.15) is 47.5 Å². The third-order valence-corrected chi connectivity index (χ3v) is 2.73. The van der Waals surface area contributed by atoms with Crippen LogP contribution in [0, 0.1) is 35.5 Å². The van der Waals surface area contributed by atoms with E-state index in [-0.39, 0.29) is 23.5 Å². The molecule has 0 N–H and O–H groups in total. The van der Waals surface area contributed by atoms with Crippen LogP contribution >= 0.6 is 0 Å². The van der Waals surface area contributed by atoms with Crippen LogP contribution in [-0.2, 0) is 9.59 Å². The molecule has 0 aromatic heterocycles. The molecular weight excluding hydrogens is 250 g/mol.